The lowest BCUT2D eigenvalue weighted by Crippen LogP contribution is -2.31. The van der Waals surface area contributed by atoms with Gasteiger partial charge in [0.05, 0.1) is 25.2 Å². The van der Waals surface area contributed by atoms with Gasteiger partial charge in [0.2, 0.25) is 0 Å². The van der Waals surface area contributed by atoms with Crippen molar-refractivity contribution in [1.82, 2.24) is 4.90 Å². The largest absolute Gasteiger partial charge is 0.496 e. The van der Waals surface area contributed by atoms with Crippen molar-refractivity contribution in [2.24, 2.45) is 0 Å². The van der Waals surface area contributed by atoms with Crippen molar-refractivity contribution in [3.05, 3.63) is 29.8 Å². The molecule has 1 aromatic rings. The molecule has 0 fully saturated rings. The monoisotopic (exact) mass is 232 g/mol. The number of hydrogen-bond acceptors (Lipinski definition) is 3. The van der Waals surface area contributed by atoms with Gasteiger partial charge in [0, 0.05) is 13.1 Å². The van der Waals surface area contributed by atoms with Crippen LogP contribution in [0.2, 0.25) is 0 Å². The number of methoxy groups -OCH3 is 1. The zero-order valence-corrected chi connectivity index (χ0v) is 10.1. The van der Waals surface area contributed by atoms with E-state index in [9.17, 15) is 4.79 Å². The molecule has 0 saturated heterocycles. The van der Waals surface area contributed by atoms with Gasteiger partial charge in [-0.15, -0.1) is 0 Å². The third-order valence-electron chi connectivity index (χ3n) is 2.50. The predicted octanol–water partition coefficient (Wildman–Crippen LogP) is 2.07. The zero-order valence-electron chi connectivity index (χ0n) is 10.1. The van der Waals surface area contributed by atoms with E-state index in [0.717, 1.165) is 0 Å². The number of rotatable bonds is 5. The van der Waals surface area contributed by atoms with E-state index >= 15 is 0 Å². The summed E-state index contributed by atoms with van der Waals surface area (Å²) in [6.07, 6.45) is 0.342. The van der Waals surface area contributed by atoms with Gasteiger partial charge >= 0.3 is 0 Å². The Balaban J connectivity index is 2.90. The van der Waals surface area contributed by atoms with E-state index in [-0.39, 0.29) is 5.91 Å². The van der Waals surface area contributed by atoms with Crippen LogP contribution in [0, 0.1) is 11.3 Å². The minimum absolute atomic E-state index is 0.0970. The Bertz CT molecular complexity index is 424. The van der Waals surface area contributed by atoms with E-state index < -0.39 is 0 Å². The fraction of sp³-hybridized carbons (Fsp3) is 0.385. The van der Waals surface area contributed by atoms with Crippen molar-refractivity contribution >= 4 is 5.91 Å². The van der Waals surface area contributed by atoms with Crippen LogP contribution in [0.15, 0.2) is 24.3 Å². The number of carbonyl (C=O) groups is 1. The topological polar surface area (TPSA) is 53.3 Å². The minimum atomic E-state index is -0.0970. The van der Waals surface area contributed by atoms with Gasteiger partial charge in [-0.1, -0.05) is 12.1 Å². The number of carbonyl (C=O) groups excluding carboxylic acids is 1. The molecule has 0 saturated carbocycles. The van der Waals surface area contributed by atoms with Crippen molar-refractivity contribution in [2.45, 2.75) is 13.3 Å². The molecule has 0 aliphatic rings. The van der Waals surface area contributed by atoms with Crippen molar-refractivity contribution in [3.8, 4) is 11.8 Å². The Hall–Kier alpha value is -2.02. The van der Waals surface area contributed by atoms with E-state index in [1.807, 2.05) is 19.1 Å². The number of benzene rings is 1. The van der Waals surface area contributed by atoms with Gasteiger partial charge in [0.1, 0.15) is 5.75 Å². The summed E-state index contributed by atoms with van der Waals surface area (Å²) < 4.78 is 5.15. The molecule has 90 valence electrons. The first kappa shape index (κ1) is 13.0. The number of nitriles is 1. The maximum atomic E-state index is 12.2. The highest BCUT2D eigenvalue weighted by molar-refractivity contribution is 5.96. The predicted molar refractivity (Wildman–Crippen MR) is 64.8 cm³/mol. The number of nitrogens with zero attached hydrogens (tertiary/aromatic N) is 2. The molecule has 0 bridgehead atoms. The van der Waals surface area contributed by atoms with Crippen LogP contribution >= 0.6 is 0 Å². The normalized spacial score (nSPS) is 9.47. The summed E-state index contributed by atoms with van der Waals surface area (Å²) in [5.41, 5.74) is 0.537. The molecule has 0 N–H and O–H groups in total. The summed E-state index contributed by atoms with van der Waals surface area (Å²) in [6.45, 7) is 2.92. The standard InChI is InChI=1S/C13H16N2O2/c1-3-15(10-6-9-14)13(16)11-7-4-5-8-12(11)17-2/h4-5,7-8H,3,6,10H2,1-2H3. The molecule has 4 heteroatoms. The molecule has 1 rings (SSSR count). The molecule has 0 aromatic heterocycles. The molecule has 1 amide bonds. The van der Waals surface area contributed by atoms with Crippen LogP contribution < -0.4 is 4.74 Å². The number of amides is 1. The molecule has 0 unspecified atom stereocenters. The van der Waals surface area contributed by atoms with Crippen LogP contribution in [-0.4, -0.2) is 31.0 Å². The van der Waals surface area contributed by atoms with Crippen molar-refractivity contribution in [1.29, 1.82) is 5.26 Å². The Labute approximate surface area is 101 Å². The highest BCUT2D eigenvalue weighted by atomic mass is 16.5. The maximum Gasteiger partial charge on any atom is 0.257 e. The third kappa shape index (κ3) is 3.22. The fourth-order valence-corrected chi connectivity index (χ4v) is 1.58. The molecular weight excluding hydrogens is 216 g/mol. The molecule has 4 nitrogen and oxygen atoms in total. The Morgan fingerprint density at radius 2 is 2.18 bits per heavy atom. The second-order valence-electron chi connectivity index (χ2n) is 3.49. The van der Waals surface area contributed by atoms with Crippen LogP contribution in [0.25, 0.3) is 0 Å². The van der Waals surface area contributed by atoms with Gasteiger partial charge in [0.25, 0.3) is 5.91 Å². The van der Waals surface area contributed by atoms with Gasteiger partial charge in [-0.25, -0.2) is 0 Å². The molecule has 0 radical (unpaired) electrons. The highest BCUT2D eigenvalue weighted by Gasteiger charge is 2.17. The van der Waals surface area contributed by atoms with E-state index in [1.54, 1.807) is 23.1 Å². The van der Waals surface area contributed by atoms with E-state index in [4.69, 9.17) is 10.00 Å². The second kappa shape index (κ2) is 6.54. The van der Waals surface area contributed by atoms with Crippen molar-refractivity contribution in [2.75, 3.05) is 20.2 Å². The SMILES string of the molecule is CCN(CCC#N)C(=O)c1ccccc1OC. The quantitative estimate of drug-likeness (QED) is 0.781. The smallest absolute Gasteiger partial charge is 0.257 e. The summed E-state index contributed by atoms with van der Waals surface area (Å²) in [7, 11) is 1.54. The number of para-hydroxylation sites is 1. The van der Waals surface area contributed by atoms with Gasteiger partial charge in [-0.3, -0.25) is 4.79 Å². The van der Waals surface area contributed by atoms with Crippen molar-refractivity contribution < 1.29 is 9.53 Å². The first-order chi connectivity index (χ1) is 8.24. The van der Waals surface area contributed by atoms with Gasteiger partial charge in [-0.05, 0) is 19.1 Å². The second-order valence-corrected chi connectivity index (χ2v) is 3.49. The van der Waals surface area contributed by atoms with E-state index in [1.165, 1.54) is 7.11 Å². The molecule has 1 aromatic carbocycles. The lowest BCUT2D eigenvalue weighted by atomic mass is 10.1. The number of hydrogen-bond donors (Lipinski definition) is 0. The summed E-state index contributed by atoms with van der Waals surface area (Å²) in [5.74, 6) is 0.466. The zero-order chi connectivity index (χ0) is 12.7. The molecule has 0 heterocycles. The maximum absolute atomic E-state index is 12.2. The van der Waals surface area contributed by atoms with Gasteiger partial charge in [0.15, 0.2) is 0 Å². The van der Waals surface area contributed by atoms with Crippen LogP contribution in [0.1, 0.15) is 23.7 Å². The van der Waals surface area contributed by atoms with Gasteiger partial charge < -0.3 is 9.64 Å². The molecule has 0 atom stereocenters. The van der Waals surface area contributed by atoms with Crippen LogP contribution in [0.4, 0.5) is 0 Å². The molecule has 0 aliphatic carbocycles. The van der Waals surface area contributed by atoms with E-state index in [2.05, 4.69) is 0 Å². The highest BCUT2D eigenvalue weighted by Crippen LogP contribution is 2.19. The van der Waals surface area contributed by atoms with Crippen LogP contribution in [-0.2, 0) is 0 Å². The lowest BCUT2D eigenvalue weighted by Gasteiger charge is -2.20. The number of ether oxygens (including phenoxy) is 1. The molecule has 0 aliphatic heterocycles. The van der Waals surface area contributed by atoms with Crippen LogP contribution in [0.3, 0.4) is 0 Å². The molecular formula is C13H16N2O2. The van der Waals surface area contributed by atoms with Crippen molar-refractivity contribution in [3.63, 3.8) is 0 Å². The van der Waals surface area contributed by atoms with E-state index in [0.29, 0.717) is 30.8 Å². The Kier molecular flexibility index (Phi) is 5.02. The lowest BCUT2D eigenvalue weighted by molar-refractivity contribution is 0.0764. The first-order valence-corrected chi connectivity index (χ1v) is 5.53. The molecule has 17 heavy (non-hydrogen) atoms. The summed E-state index contributed by atoms with van der Waals surface area (Å²) in [5, 5.41) is 8.55. The fourth-order valence-electron chi connectivity index (χ4n) is 1.58. The molecule has 0 spiro atoms. The van der Waals surface area contributed by atoms with Gasteiger partial charge in [-0.2, -0.15) is 5.26 Å². The first-order valence-electron chi connectivity index (χ1n) is 5.53. The average molecular weight is 232 g/mol. The average Bonchev–Trinajstić information content (AvgIpc) is 2.39. The Morgan fingerprint density at radius 3 is 2.76 bits per heavy atom. The summed E-state index contributed by atoms with van der Waals surface area (Å²) in [4.78, 5) is 13.8. The third-order valence-corrected chi connectivity index (χ3v) is 2.50. The summed E-state index contributed by atoms with van der Waals surface area (Å²) >= 11 is 0. The Morgan fingerprint density at radius 1 is 1.47 bits per heavy atom. The summed E-state index contributed by atoms with van der Waals surface area (Å²) in [6, 6.07) is 9.15. The van der Waals surface area contributed by atoms with Crippen LogP contribution in [0.5, 0.6) is 5.75 Å². The minimum Gasteiger partial charge on any atom is -0.496 e.